The number of rotatable bonds is 2. The molecule has 2 saturated heterocycles. The largest absolute Gasteiger partial charge is 0.318 e. The van der Waals surface area contributed by atoms with Gasteiger partial charge in [0.15, 0.2) is 0 Å². The number of nitrogens with zero attached hydrogens (tertiary/aromatic N) is 2. The summed E-state index contributed by atoms with van der Waals surface area (Å²) in [5.74, 6) is 0.754. The summed E-state index contributed by atoms with van der Waals surface area (Å²) >= 11 is 0. The fraction of sp³-hybridized carbons (Fsp3) is 0.562. The van der Waals surface area contributed by atoms with Gasteiger partial charge in [-0.05, 0) is 31.5 Å². The Labute approximate surface area is 120 Å². The molecule has 3 rings (SSSR count). The van der Waals surface area contributed by atoms with Gasteiger partial charge in [0.05, 0.1) is 6.54 Å². The number of hydrogen-bond acceptors (Lipinski definition) is 3. The molecule has 20 heavy (non-hydrogen) atoms. The van der Waals surface area contributed by atoms with Crippen LogP contribution in [0, 0.1) is 5.92 Å². The second-order valence-electron chi connectivity index (χ2n) is 6.09. The molecule has 0 aromatic heterocycles. The predicted molar refractivity (Wildman–Crippen MR) is 79.1 cm³/mol. The van der Waals surface area contributed by atoms with E-state index in [-0.39, 0.29) is 12.1 Å². The van der Waals surface area contributed by atoms with Crippen molar-refractivity contribution in [3.8, 4) is 0 Å². The Balaban J connectivity index is 1.84. The van der Waals surface area contributed by atoms with Gasteiger partial charge in [-0.1, -0.05) is 37.3 Å². The molecule has 4 nitrogen and oxygen atoms in total. The van der Waals surface area contributed by atoms with Crippen LogP contribution < -0.4 is 5.32 Å². The standard InChI is InChI=1S/C16H23N3O/c1-12-11-18(2)9-8-14(12)19-15(20)10-17-16(19)13-6-4-3-5-7-13/h3-7,12,14,16-17H,8-11H2,1-2H3. The number of benzene rings is 1. The van der Waals surface area contributed by atoms with E-state index in [2.05, 4.69) is 41.2 Å². The third kappa shape index (κ3) is 2.45. The van der Waals surface area contributed by atoms with E-state index in [9.17, 15) is 4.79 Å². The Morgan fingerprint density at radius 2 is 2.00 bits per heavy atom. The lowest BCUT2D eigenvalue weighted by molar-refractivity contribution is -0.132. The van der Waals surface area contributed by atoms with Gasteiger partial charge in [0, 0.05) is 12.6 Å². The van der Waals surface area contributed by atoms with Crippen LogP contribution >= 0.6 is 0 Å². The van der Waals surface area contributed by atoms with Gasteiger partial charge >= 0.3 is 0 Å². The Morgan fingerprint density at radius 1 is 1.25 bits per heavy atom. The Kier molecular flexibility index (Phi) is 3.76. The molecular formula is C16H23N3O. The molecule has 2 fully saturated rings. The zero-order chi connectivity index (χ0) is 14.1. The molecule has 3 atom stereocenters. The van der Waals surface area contributed by atoms with Crippen molar-refractivity contribution < 1.29 is 4.79 Å². The average Bonchev–Trinajstić information content (AvgIpc) is 2.82. The number of carbonyl (C=O) groups excluding carboxylic acids is 1. The van der Waals surface area contributed by atoms with Crippen LogP contribution in [0.25, 0.3) is 0 Å². The first-order valence-corrected chi connectivity index (χ1v) is 7.45. The molecule has 2 aliphatic rings. The topological polar surface area (TPSA) is 35.6 Å². The van der Waals surface area contributed by atoms with Crippen LogP contribution in [0.15, 0.2) is 30.3 Å². The third-order valence-corrected chi connectivity index (χ3v) is 4.55. The minimum Gasteiger partial charge on any atom is -0.318 e. The number of piperidine rings is 1. The summed E-state index contributed by atoms with van der Waals surface area (Å²) in [5.41, 5.74) is 1.18. The third-order valence-electron chi connectivity index (χ3n) is 4.55. The van der Waals surface area contributed by atoms with Gasteiger partial charge in [-0.25, -0.2) is 0 Å². The molecule has 2 heterocycles. The molecule has 0 spiro atoms. The maximum Gasteiger partial charge on any atom is 0.238 e. The van der Waals surface area contributed by atoms with Crippen LogP contribution in [0.1, 0.15) is 25.1 Å². The lowest BCUT2D eigenvalue weighted by Gasteiger charge is -2.42. The van der Waals surface area contributed by atoms with E-state index in [4.69, 9.17) is 0 Å². The van der Waals surface area contributed by atoms with Gasteiger partial charge in [0.1, 0.15) is 6.17 Å². The van der Waals surface area contributed by atoms with Gasteiger partial charge in [0.25, 0.3) is 0 Å². The number of nitrogens with one attached hydrogen (secondary N) is 1. The summed E-state index contributed by atoms with van der Waals surface area (Å²) in [5, 5.41) is 3.36. The molecule has 1 aromatic carbocycles. The Bertz CT molecular complexity index is 476. The van der Waals surface area contributed by atoms with Crippen LogP contribution in [-0.4, -0.2) is 48.4 Å². The average molecular weight is 273 g/mol. The molecule has 1 amide bonds. The van der Waals surface area contributed by atoms with Crippen molar-refractivity contribution in [1.29, 1.82) is 0 Å². The van der Waals surface area contributed by atoms with Crippen LogP contribution in [0.4, 0.5) is 0 Å². The molecule has 1 N–H and O–H groups in total. The second kappa shape index (κ2) is 5.54. The fourth-order valence-corrected chi connectivity index (χ4v) is 3.56. The zero-order valence-electron chi connectivity index (χ0n) is 12.2. The second-order valence-corrected chi connectivity index (χ2v) is 6.09. The summed E-state index contributed by atoms with van der Waals surface area (Å²) in [7, 11) is 2.16. The molecule has 2 aliphatic heterocycles. The summed E-state index contributed by atoms with van der Waals surface area (Å²) in [6.45, 7) is 4.85. The van der Waals surface area contributed by atoms with Crippen LogP contribution in [-0.2, 0) is 4.79 Å². The molecule has 1 aromatic rings. The maximum absolute atomic E-state index is 12.3. The molecule has 0 aliphatic carbocycles. The van der Waals surface area contributed by atoms with Crippen molar-refractivity contribution in [3.63, 3.8) is 0 Å². The minimum atomic E-state index is 0.0413. The lowest BCUT2D eigenvalue weighted by atomic mass is 9.92. The predicted octanol–water partition coefficient (Wildman–Crippen LogP) is 1.46. The highest BCUT2D eigenvalue weighted by Gasteiger charge is 2.40. The van der Waals surface area contributed by atoms with Crippen LogP contribution in [0.2, 0.25) is 0 Å². The van der Waals surface area contributed by atoms with E-state index in [0.29, 0.717) is 18.5 Å². The maximum atomic E-state index is 12.3. The molecule has 0 radical (unpaired) electrons. The van der Waals surface area contributed by atoms with E-state index >= 15 is 0 Å². The van der Waals surface area contributed by atoms with Gasteiger partial charge in [-0.2, -0.15) is 0 Å². The quantitative estimate of drug-likeness (QED) is 0.886. The highest BCUT2D eigenvalue weighted by Crippen LogP contribution is 2.31. The first kappa shape index (κ1) is 13.6. The minimum absolute atomic E-state index is 0.0413. The molecule has 0 bridgehead atoms. The van der Waals surface area contributed by atoms with Gasteiger partial charge in [-0.3, -0.25) is 10.1 Å². The van der Waals surface area contributed by atoms with Crippen LogP contribution in [0.5, 0.6) is 0 Å². The monoisotopic (exact) mass is 273 g/mol. The summed E-state index contributed by atoms with van der Waals surface area (Å²) < 4.78 is 0. The van der Waals surface area contributed by atoms with Gasteiger partial charge in [0.2, 0.25) is 5.91 Å². The highest BCUT2D eigenvalue weighted by molar-refractivity contribution is 5.81. The van der Waals surface area contributed by atoms with Crippen molar-refractivity contribution in [2.45, 2.75) is 25.6 Å². The molecule has 3 unspecified atom stereocenters. The Hall–Kier alpha value is -1.39. The van der Waals surface area contributed by atoms with E-state index in [0.717, 1.165) is 19.5 Å². The van der Waals surface area contributed by atoms with Gasteiger partial charge < -0.3 is 9.80 Å². The first-order chi connectivity index (χ1) is 9.66. The van der Waals surface area contributed by atoms with Crippen molar-refractivity contribution in [2.24, 2.45) is 5.92 Å². The molecule has 108 valence electrons. The van der Waals surface area contributed by atoms with E-state index in [1.807, 2.05) is 18.2 Å². The lowest BCUT2D eigenvalue weighted by Crippen LogP contribution is -2.50. The zero-order valence-corrected chi connectivity index (χ0v) is 12.2. The molecule has 4 heteroatoms. The van der Waals surface area contributed by atoms with Crippen LogP contribution in [0.3, 0.4) is 0 Å². The summed E-state index contributed by atoms with van der Waals surface area (Å²) in [4.78, 5) is 16.8. The highest BCUT2D eigenvalue weighted by atomic mass is 16.2. The van der Waals surface area contributed by atoms with E-state index in [1.165, 1.54) is 5.56 Å². The number of likely N-dealkylation sites (tertiary alicyclic amines) is 1. The molecule has 0 saturated carbocycles. The Morgan fingerprint density at radius 3 is 2.70 bits per heavy atom. The van der Waals surface area contributed by atoms with Crippen molar-refractivity contribution in [2.75, 3.05) is 26.7 Å². The SMILES string of the molecule is CC1CN(C)CCC1N1C(=O)CNC1c1ccccc1. The summed E-state index contributed by atoms with van der Waals surface area (Å²) in [6, 6.07) is 10.6. The number of carbonyl (C=O) groups is 1. The van der Waals surface area contributed by atoms with E-state index in [1.54, 1.807) is 0 Å². The first-order valence-electron chi connectivity index (χ1n) is 7.45. The van der Waals surface area contributed by atoms with Crippen molar-refractivity contribution in [1.82, 2.24) is 15.1 Å². The number of hydrogen-bond donors (Lipinski definition) is 1. The fourth-order valence-electron chi connectivity index (χ4n) is 3.56. The van der Waals surface area contributed by atoms with Crippen molar-refractivity contribution in [3.05, 3.63) is 35.9 Å². The van der Waals surface area contributed by atoms with Gasteiger partial charge in [-0.15, -0.1) is 0 Å². The molecular weight excluding hydrogens is 250 g/mol. The summed E-state index contributed by atoms with van der Waals surface area (Å²) in [6.07, 6.45) is 1.11. The van der Waals surface area contributed by atoms with Crippen molar-refractivity contribution >= 4 is 5.91 Å². The normalized spacial score (nSPS) is 31.8. The van der Waals surface area contributed by atoms with E-state index < -0.39 is 0 Å². The number of amides is 1. The smallest absolute Gasteiger partial charge is 0.238 e.